The van der Waals surface area contributed by atoms with Crippen molar-refractivity contribution in [3.8, 4) is 0 Å². The summed E-state index contributed by atoms with van der Waals surface area (Å²) in [5.41, 5.74) is 2.44. The Hall–Kier alpha value is -2.15. The van der Waals surface area contributed by atoms with Gasteiger partial charge in [-0.2, -0.15) is 0 Å². The molecule has 2 aromatic rings. The highest BCUT2D eigenvalue weighted by atomic mass is 32.1. The molecule has 1 aromatic carbocycles. The third-order valence-electron chi connectivity index (χ3n) is 2.17. The van der Waals surface area contributed by atoms with Crippen LogP contribution in [-0.2, 0) is 11.3 Å². The molecule has 6 nitrogen and oxygen atoms in total. The lowest BCUT2D eigenvalue weighted by Crippen LogP contribution is -2.11. The van der Waals surface area contributed by atoms with Crippen LogP contribution in [0, 0.1) is 0 Å². The topological polar surface area (TPSA) is 76.1 Å². The third kappa shape index (κ3) is 3.42. The van der Waals surface area contributed by atoms with E-state index in [4.69, 9.17) is 0 Å². The van der Waals surface area contributed by atoms with Gasteiger partial charge in [-0.3, -0.25) is 5.32 Å². The van der Waals surface area contributed by atoms with Gasteiger partial charge in [-0.05, 0) is 29.7 Å². The van der Waals surface area contributed by atoms with Crippen LogP contribution in [0.1, 0.15) is 5.69 Å². The molecule has 0 fully saturated rings. The van der Waals surface area contributed by atoms with Gasteiger partial charge in [-0.25, -0.2) is 4.79 Å². The number of nitrogens with zero attached hydrogens (tertiary/aromatic N) is 2. The van der Waals surface area contributed by atoms with E-state index in [1.807, 2.05) is 23.6 Å². The van der Waals surface area contributed by atoms with Gasteiger partial charge in [0.1, 0.15) is 0 Å². The minimum absolute atomic E-state index is 0.490. The number of rotatable bonds is 4. The molecule has 0 saturated heterocycles. The highest BCUT2D eigenvalue weighted by Crippen LogP contribution is 2.16. The average molecular weight is 264 g/mol. The fraction of sp³-hybridized carbons (Fsp3) is 0.182. The van der Waals surface area contributed by atoms with Gasteiger partial charge in [-0.1, -0.05) is 10.6 Å². The van der Waals surface area contributed by atoms with Crippen LogP contribution in [-0.4, -0.2) is 22.8 Å². The first-order chi connectivity index (χ1) is 8.78. The average Bonchev–Trinajstić information content (AvgIpc) is 2.90. The van der Waals surface area contributed by atoms with Crippen LogP contribution in [0.15, 0.2) is 29.6 Å². The predicted octanol–water partition coefficient (Wildman–Crippen LogP) is 2.33. The van der Waals surface area contributed by atoms with Crippen LogP contribution < -0.4 is 10.6 Å². The van der Waals surface area contributed by atoms with Gasteiger partial charge in [0.15, 0.2) is 0 Å². The van der Waals surface area contributed by atoms with Crippen LogP contribution in [0.2, 0.25) is 0 Å². The molecule has 18 heavy (non-hydrogen) atoms. The lowest BCUT2D eigenvalue weighted by molar-refractivity contribution is 0.187. The van der Waals surface area contributed by atoms with Gasteiger partial charge in [-0.15, -0.1) is 5.10 Å². The summed E-state index contributed by atoms with van der Waals surface area (Å²) in [6.07, 6.45) is -0.490. The highest BCUT2D eigenvalue weighted by Gasteiger charge is 2.02. The van der Waals surface area contributed by atoms with Gasteiger partial charge >= 0.3 is 6.09 Å². The number of amides is 1. The molecule has 0 aliphatic heterocycles. The van der Waals surface area contributed by atoms with Crippen molar-refractivity contribution in [2.75, 3.05) is 17.7 Å². The zero-order valence-electron chi connectivity index (χ0n) is 9.71. The third-order valence-corrected chi connectivity index (χ3v) is 2.73. The molecule has 0 radical (unpaired) electrons. The zero-order chi connectivity index (χ0) is 12.8. The molecule has 2 N–H and O–H groups in total. The molecule has 0 spiro atoms. The van der Waals surface area contributed by atoms with Crippen molar-refractivity contribution in [3.63, 3.8) is 0 Å². The van der Waals surface area contributed by atoms with Gasteiger partial charge in [0.05, 0.1) is 19.3 Å². The maximum atomic E-state index is 11.1. The van der Waals surface area contributed by atoms with E-state index in [2.05, 4.69) is 25.0 Å². The van der Waals surface area contributed by atoms with Crippen LogP contribution in [0.25, 0.3) is 0 Å². The van der Waals surface area contributed by atoms with E-state index in [-0.39, 0.29) is 0 Å². The lowest BCUT2D eigenvalue weighted by atomic mass is 10.2. The zero-order valence-corrected chi connectivity index (χ0v) is 10.5. The second-order valence-corrected chi connectivity index (χ2v) is 4.06. The molecule has 94 valence electrons. The van der Waals surface area contributed by atoms with E-state index < -0.39 is 6.09 Å². The predicted molar refractivity (Wildman–Crippen MR) is 69.7 cm³/mol. The summed E-state index contributed by atoms with van der Waals surface area (Å²) < 4.78 is 8.31. The van der Waals surface area contributed by atoms with Crippen molar-refractivity contribution < 1.29 is 9.53 Å². The summed E-state index contributed by atoms with van der Waals surface area (Å²) in [6.45, 7) is 0.595. The summed E-state index contributed by atoms with van der Waals surface area (Å²) >= 11 is 1.31. The second kappa shape index (κ2) is 5.97. The van der Waals surface area contributed by atoms with Crippen molar-refractivity contribution in [1.29, 1.82) is 0 Å². The Morgan fingerprint density at radius 2 is 2.28 bits per heavy atom. The molecule has 0 aliphatic carbocycles. The largest absolute Gasteiger partial charge is 0.453 e. The Balaban J connectivity index is 1.96. The fourth-order valence-electron chi connectivity index (χ4n) is 1.33. The first-order valence-electron chi connectivity index (χ1n) is 5.23. The molecule has 0 bridgehead atoms. The van der Waals surface area contributed by atoms with Gasteiger partial charge in [0, 0.05) is 16.8 Å². The maximum Gasteiger partial charge on any atom is 0.411 e. The van der Waals surface area contributed by atoms with Crippen molar-refractivity contribution in [3.05, 3.63) is 35.3 Å². The van der Waals surface area contributed by atoms with E-state index in [0.717, 1.165) is 11.4 Å². The lowest BCUT2D eigenvalue weighted by Gasteiger charge is -2.07. The summed E-state index contributed by atoms with van der Waals surface area (Å²) in [4.78, 5) is 11.1. The fourth-order valence-corrected chi connectivity index (χ4v) is 1.78. The van der Waals surface area contributed by atoms with E-state index in [0.29, 0.717) is 12.2 Å². The Morgan fingerprint density at radius 3 is 3.00 bits per heavy atom. The normalized spacial score (nSPS) is 9.83. The quantitative estimate of drug-likeness (QED) is 0.886. The Kier molecular flexibility index (Phi) is 4.08. The number of ether oxygens (including phenoxy) is 1. The molecule has 0 atom stereocenters. The minimum Gasteiger partial charge on any atom is -0.453 e. The number of nitrogens with one attached hydrogen (secondary N) is 2. The highest BCUT2D eigenvalue weighted by molar-refractivity contribution is 7.03. The van der Waals surface area contributed by atoms with E-state index in [1.165, 1.54) is 18.6 Å². The minimum atomic E-state index is -0.490. The molecule has 1 heterocycles. The second-order valence-electron chi connectivity index (χ2n) is 3.45. The van der Waals surface area contributed by atoms with E-state index in [1.54, 1.807) is 6.07 Å². The summed E-state index contributed by atoms with van der Waals surface area (Å²) in [5, 5.41) is 11.6. The van der Waals surface area contributed by atoms with Crippen molar-refractivity contribution in [1.82, 2.24) is 9.59 Å². The van der Waals surface area contributed by atoms with Gasteiger partial charge < -0.3 is 10.1 Å². The molecule has 0 aliphatic rings. The number of carbonyl (C=O) groups is 1. The van der Waals surface area contributed by atoms with Crippen molar-refractivity contribution in [2.45, 2.75) is 6.54 Å². The molecule has 1 amide bonds. The first-order valence-corrected chi connectivity index (χ1v) is 6.06. The molecule has 1 aromatic heterocycles. The van der Waals surface area contributed by atoms with E-state index >= 15 is 0 Å². The van der Waals surface area contributed by atoms with Crippen LogP contribution in [0.3, 0.4) is 0 Å². The number of hydrogen-bond donors (Lipinski definition) is 2. The molecular formula is C11H12N4O2S. The number of anilines is 2. The molecule has 0 unspecified atom stereocenters. The number of carbonyl (C=O) groups excluding carboxylic acids is 1. The molecular weight excluding hydrogens is 252 g/mol. The van der Waals surface area contributed by atoms with Crippen LogP contribution in [0.5, 0.6) is 0 Å². The number of benzene rings is 1. The number of aromatic nitrogens is 2. The van der Waals surface area contributed by atoms with E-state index in [9.17, 15) is 4.79 Å². The molecule has 7 heteroatoms. The Bertz CT molecular complexity index is 516. The number of methoxy groups -OCH3 is 1. The summed E-state index contributed by atoms with van der Waals surface area (Å²) in [6, 6.07) is 7.35. The van der Waals surface area contributed by atoms with Gasteiger partial charge in [0.2, 0.25) is 0 Å². The van der Waals surface area contributed by atoms with Gasteiger partial charge in [0.25, 0.3) is 0 Å². The molecule has 0 saturated carbocycles. The van der Waals surface area contributed by atoms with Crippen LogP contribution >= 0.6 is 11.5 Å². The Labute approximate surface area is 108 Å². The smallest absolute Gasteiger partial charge is 0.411 e. The van der Waals surface area contributed by atoms with Crippen molar-refractivity contribution in [2.24, 2.45) is 0 Å². The first kappa shape index (κ1) is 12.3. The monoisotopic (exact) mass is 264 g/mol. The maximum absolute atomic E-state index is 11.1. The molecule has 2 rings (SSSR count). The standard InChI is InChI=1S/C11H12N4O2S/c1-17-11(16)13-9-4-2-3-8(5-9)12-6-10-7-18-15-14-10/h2-5,7,12H,6H2,1H3,(H,13,16). The Morgan fingerprint density at radius 1 is 1.44 bits per heavy atom. The number of hydrogen-bond acceptors (Lipinski definition) is 6. The SMILES string of the molecule is COC(=O)Nc1cccc(NCc2csnn2)c1. The van der Waals surface area contributed by atoms with Crippen LogP contribution in [0.4, 0.5) is 16.2 Å². The van der Waals surface area contributed by atoms with Crippen molar-refractivity contribution >= 4 is 29.0 Å². The summed E-state index contributed by atoms with van der Waals surface area (Å²) in [7, 11) is 1.33. The summed E-state index contributed by atoms with van der Waals surface area (Å²) in [5.74, 6) is 0.